The van der Waals surface area contributed by atoms with Gasteiger partial charge >= 0.3 is 0 Å². The van der Waals surface area contributed by atoms with Gasteiger partial charge in [-0.2, -0.15) is 5.26 Å². The Morgan fingerprint density at radius 3 is 2.52 bits per heavy atom. The Morgan fingerprint density at radius 1 is 1.15 bits per heavy atom. The number of nitrogens with one attached hydrogen (secondary N) is 1. The van der Waals surface area contributed by atoms with Gasteiger partial charge in [0.15, 0.2) is 0 Å². The van der Waals surface area contributed by atoms with E-state index in [-0.39, 0.29) is 10.5 Å². The number of carbonyl (C=O) groups excluding carboxylic acids is 1. The maximum Gasteiger partial charge on any atom is 0.266 e. The van der Waals surface area contributed by atoms with Crippen molar-refractivity contribution in [2.75, 3.05) is 36.5 Å². The van der Waals surface area contributed by atoms with Gasteiger partial charge in [0.05, 0.1) is 23.6 Å². The van der Waals surface area contributed by atoms with Crippen molar-refractivity contribution in [2.24, 2.45) is 5.14 Å². The maximum atomic E-state index is 12.8. The van der Waals surface area contributed by atoms with Gasteiger partial charge in [-0.15, -0.1) is 0 Å². The molecular weight excluding hydrogens is 442 g/mol. The summed E-state index contributed by atoms with van der Waals surface area (Å²) < 4.78 is 28.2. The number of nitriles is 1. The van der Waals surface area contributed by atoms with Crippen molar-refractivity contribution in [1.82, 2.24) is 4.98 Å². The fourth-order valence-corrected chi connectivity index (χ4v) is 4.00. The number of fused-ring (bicyclic) bond motifs is 1. The lowest BCUT2D eigenvalue weighted by Gasteiger charge is -2.29. The molecule has 0 radical (unpaired) electrons. The highest BCUT2D eigenvalue weighted by molar-refractivity contribution is 7.89. The van der Waals surface area contributed by atoms with Crippen LogP contribution in [0.3, 0.4) is 0 Å². The minimum absolute atomic E-state index is 0.0751. The molecule has 0 saturated carbocycles. The molecule has 0 spiro atoms. The van der Waals surface area contributed by atoms with Crippen molar-refractivity contribution in [1.29, 1.82) is 5.26 Å². The molecule has 1 aliphatic heterocycles. The fraction of sp³-hybridized carbons (Fsp3) is 0.174. The first kappa shape index (κ1) is 22.4. The van der Waals surface area contributed by atoms with Crippen LogP contribution in [0.25, 0.3) is 17.0 Å². The summed E-state index contributed by atoms with van der Waals surface area (Å²) in [5.74, 6) is 0.0528. The minimum Gasteiger partial charge on any atom is -0.378 e. The van der Waals surface area contributed by atoms with Crippen molar-refractivity contribution in [3.8, 4) is 6.07 Å². The second-order valence-corrected chi connectivity index (χ2v) is 8.95. The Balaban J connectivity index is 1.67. The molecule has 1 saturated heterocycles. The number of carbonyl (C=O) groups is 1. The predicted molar refractivity (Wildman–Crippen MR) is 125 cm³/mol. The van der Waals surface area contributed by atoms with Crippen LogP contribution in [0.5, 0.6) is 0 Å². The molecule has 3 N–H and O–H groups in total. The lowest BCUT2D eigenvalue weighted by Crippen LogP contribution is -2.37. The molecule has 0 unspecified atom stereocenters. The van der Waals surface area contributed by atoms with Crippen LogP contribution in [0.2, 0.25) is 0 Å². The summed E-state index contributed by atoms with van der Waals surface area (Å²) >= 11 is 0. The highest BCUT2D eigenvalue weighted by Crippen LogP contribution is 2.27. The highest BCUT2D eigenvalue weighted by Gasteiger charge is 2.19. The second-order valence-electron chi connectivity index (χ2n) is 7.39. The third-order valence-electron chi connectivity index (χ3n) is 5.15. The molecule has 0 aliphatic carbocycles. The molecule has 2 heterocycles. The lowest BCUT2D eigenvalue weighted by molar-refractivity contribution is -0.112. The number of nitrogens with two attached hydrogens (primary N) is 1. The minimum atomic E-state index is -3.84. The van der Waals surface area contributed by atoms with E-state index < -0.39 is 15.9 Å². The van der Waals surface area contributed by atoms with Gasteiger partial charge in [-0.25, -0.2) is 18.5 Å². The maximum absolute atomic E-state index is 12.8. The van der Waals surface area contributed by atoms with Crippen LogP contribution >= 0.6 is 0 Å². The van der Waals surface area contributed by atoms with E-state index in [0.717, 1.165) is 10.9 Å². The molecule has 168 valence electrons. The number of morpholine rings is 1. The summed E-state index contributed by atoms with van der Waals surface area (Å²) in [6.45, 7) is 2.43. The SMILES string of the molecule is N#CC(=Cc1cc2ccccc2nc1N1CCOCC1)C(=O)Nc1ccc(S(N)(=O)=O)cc1. The monoisotopic (exact) mass is 463 g/mol. The number of primary sulfonamides is 1. The molecule has 4 rings (SSSR count). The van der Waals surface area contributed by atoms with Gasteiger partial charge in [0.2, 0.25) is 10.0 Å². The third kappa shape index (κ3) is 5.18. The first-order valence-corrected chi connectivity index (χ1v) is 11.7. The van der Waals surface area contributed by atoms with Crippen LogP contribution in [0.1, 0.15) is 5.56 Å². The molecule has 3 aromatic rings. The number of rotatable bonds is 5. The number of hydrogen-bond donors (Lipinski definition) is 2. The number of anilines is 2. The van der Waals surface area contributed by atoms with Gasteiger partial charge in [-0.3, -0.25) is 4.79 Å². The van der Waals surface area contributed by atoms with Crippen molar-refractivity contribution in [2.45, 2.75) is 4.90 Å². The smallest absolute Gasteiger partial charge is 0.266 e. The van der Waals surface area contributed by atoms with Crippen molar-refractivity contribution < 1.29 is 17.9 Å². The van der Waals surface area contributed by atoms with Gasteiger partial charge in [0, 0.05) is 29.7 Å². The number of benzene rings is 2. The zero-order valence-electron chi connectivity index (χ0n) is 17.6. The quantitative estimate of drug-likeness (QED) is 0.437. The predicted octanol–water partition coefficient (Wildman–Crippen LogP) is 2.26. The van der Waals surface area contributed by atoms with Crippen LogP contribution in [-0.2, 0) is 19.6 Å². The molecule has 1 aliphatic rings. The number of sulfonamides is 1. The van der Waals surface area contributed by atoms with Gasteiger partial charge in [-0.1, -0.05) is 18.2 Å². The molecule has 9 nitrogen and oxygen atoms in total. The molecule has 1 amide bonds. The van der Waals surface area contributed by atoms with Crippen molar-refractivity contribution >= 4 is 44.4 Å². The lowest BCUT2D eigenvalue weighted by atomic mass is 10.1. The average Bonchev–Trinajstić information content (AvgIpc) is 2.82. The van der Waals surface area contributed by atoms with E-state index in [9.17, 15) is 18.5 Å². The van der Waals surface area contributed by atoms with E-state index in [2.05, 4.69) is 10.2 Å². The second kappa shape index (κ2) is 9.38. The van der Waals surface area contributed by atoms with Crippen LogP contribution in [0.15, 0.2) is 65.1 Å². The van der Waals surface area contributed by atoms with E-state index in [0.29, 0.717) is 43.4 Å². The van der Waals surface area contributed by atoms with E-state index in [4.69, 9.17) is 14.9 Å². The number of aromatic nitrogens is 1. The van der Waals surface area contributed by atoms with Crippen molar-refractivity contribution in [3.05, 3.63) is 65.7 Å². The normalized spacial score (nSPS) is 14.7. The Kier molecular flexibility index (Phi) is 6.37. The Labute approximate surface area is 191 Å². The van der Waals surface area contributed by atoms with E-state index in [1.54, 1.807) is 0 Å². The number of amides is 1. The van der Waals surface area contributed by atoms with Crippen molar-refractivity contribution in [3.63, 3.8) is 0 Å². The molecule has 2 aromatic carbocycles. The summed E-state index contributed by atoms with van der Waals surface area (Å²) in [4.78, 5) is 19.6. The van der Waals surface area contributed by atoms with E-state index >= 15 is 0 Å². The standard InChI is InChI=1S/C23H21N5O4S/c24-15-18(23(29)26-19-5-7-20(8-6-19)33(25,30)31)14-17-13-16-3-1-2-4-21(16)27-22(17)28-9-11-32-12-10-28/h1-8,13-14H,9-12H2,(H,26,29)(H2,25,30,31). The molecule has 0 atom stereocenters. The topological polar surface area (TPSA) is 138 Å². The Hall–Kier alpha value is -3.78. The summed E-state index contributed by atoms with van der Waals surface area (Å²) in [5, 5.41) is 18.3. The first-order chi connectivity index (χ1) is 15.8. The first-order valence-electron chi connectivity index (χ1n) is 10.1. The van der Waals surface area contributed by atoms with Gasteiger partial charge in [0.25, 0.3) is 5.91 Å². The van der Waals surface area contributed by atoms with E-state index in [1.165, 1.54) is 30.3 Å². The zero-order valence-corrected chi connectivity index (χ0v) is 18.4. The number of para-hydroxylation sites is 1. The zero-order chi connectivity index (χ0) is 23.4. The number of nitrogens with zero attached hydrogens (tertiary/aromatic N) is 3. The summed E-state index contributed by atoms with van der Waals surface area (Å²) in [6.07, 6.45) is 1.51. The molecule has 1 fully saturated rings. The van der Waals surface area contributed by atoms with E-state index in [1.807, 2.05) is 36.4 Å². The van der Waals surface area contributed by atoms with Gasteiger partial charge in [0.1, 0.15) is 17.5 Å². The van der Waals surface area contributed by atoms with Crippen LogP contribution in [0, 0.1) is 11.3 Å². The largest absolute Gasteiger partial charge is 0.378 e. The number of pyridine rings is 1. The van der Waals surface area contributed by atoms with Gasteiger partial charge in [-0.05, 0) is 42.5 Å². The van der Waals surface area contributed by atoms with Crippen LogP contribution in [-0.4, -0.2) is 45.6 Å². The summed E-state index contributed by atoms with van der Waals surface area (Å²) in [5.41, 5.74) is 1.68. The number of ether oxygens (including phenoxy) is 1. The Morgan fingerprint density at radius 2 is 1.85 bits per heavy atom. The number of hydrogen-bond acceptors (Lipinski definition) is 7. The van der Waals surface area contributed by atoms with Gasteiger partial charge < -0.3 is 15.0 Å². The highest BCUT2D eigenvalue weighted by atomic mass is 32.2. The summed E-state index contributed by atoms with van der Waals surface area (Å²) in [6, 6.07) is 16.9. The molecule has 0 bridgehead atoms. The molecule has 33 heavy (non-hydrogen) atoms. The molecular formula is C23H21N5O4S. The van der Waals surface area contributed by atoms with Crippen LogP contribution in [0.4, 0.5) is 11.5 Å². The molecule has 1 aromatic heterocycles. The van der Waals surface area contributed by atoms with Crippen LogP contribution < -0.4 is 15.4 Å². The molecule has 10 heteroatoms. The summed E-state index contributed by atoms with van der Waals surface area (Å²) in [7, 11) is -3.84. The third-order valence-corrected chi connectivity index (χ3v) is 6.08. The Bertz CT molecular complexity index is 1370. The average molecular weight is 464 g/mol. The fourth-order valence-electron chi connectivity index (χ4n) is 3.49.